The zero-order valence-electron chi connectivity index (χ0n) is 16.5. The van der Waals surface area contributed by atoms with E-state index in [2.05, 4.69) is 34.3 Å². The lowest BCUT2D eigenvalue weighted by atomic mass is 9.98. The third-order valence-corrected chi connectivity index (χ3v) is 4.73. The van der Waals surface area contributed by atoms with Crippen molar-refractivity contribution in [3.63, 3.8) is 0 Å². The molecule has 29 heavy (non-hydrogen) atoms. The van der Waals surface area contributed by atoms with Crippen LogP contribution in [0.2, 0.25) is 0 Å². The maximum atomic E-state index is 11.5. The number of ether oxygens (including phenoxy) is 2. The average molecular weight is 387 g/mol. The molecule has 0 saturated heterocycles. The molecular formula is C23H21N3O3. The second kappa shape index (κ2) is 7.75. The van der Waals surface area contributed by atoms with E-state index in [0.29, 0.717) is 18.1 Å². The number of rotatable bonds is 5. The van der Waals surface area contributed by atoms with Crippen LogP contribution in [0, 0.1) is 13.8 Å². The van der Waals surface area contributed by atoms with E-state index in [1.807, 2.05) is 48.9 Å². The predicted molar refractivity (Wildman–Crippen MR) is 110 cm³/mol. The number of cyclic esters (lactones) is 1. The van der Waals surface area contributed by atoms with Gasteiger partial charge in [0, 0.05) is 0 Å². The van der Waals surface area contributed by atoms with Gasteiger partial charge in [-0.1, -0.05) is 48.5 Å². The minimum absolute atomic E-state index is 0.415. The van der Waals surface area contributed by atoms with E-state index < -0.39 is 5.97 Å². The van der Waals surface area contributed by atoms with Crippen LogP contribution in [0.5, 0.6) is 0 Å². The molecule has 0 radical (unpaired) electrons. The number of aryl methyl sites for hydroxylation is 2. The third kappa shape index (κ3) is 3.96. The quantitative estimate of drug-likeness (QED) is 0.618. The molecule has 3 aromatic rings. The van der Waals surface area contributed by atoms with Gasteiger partial charge in [0.2, 0.25) is 0 Å². The summed E-state index contributed by atoms with van der Waals surface area (Å²) in [5.41, 5.74) is 4.19. The van der Waals surface area contributed by atoms with Crippen molar-refractivity contribution in [2.24, 2.45) is 0 Å². The normalized spacial score (nSPS) is 14.8. The molecule has 0 spiro atoms. The van der Waals surface area contributed by atoms with Gasteiger partial charge in [-0.25, -0.2) is 14.5 Å². The molecule has 1 aliphatic heterocycles. The molecule has 0 bridgehead atoms. The number of carbonyl (C=O) groups is 1. The standard InChI is InChI=1S/C23H21N3O3/c1-15-24-16(2)26(25-15)14-17-8-10-18(11-9-17)20-7-5-4-6-19(20)12-22-21(28-3)13-23(27)29-22/h4-13H,14H2,1-3H3. The summed E-state index contributed by atoms with van der Waals surface area (Å²) in [6.45, 7) is 4.52. The molecule has 4 rings (SSSR count). The maximum Gasteiger partial charge on any atom is 0.340 e. The van der Waals surface area contributed by atoms with Crippen molar-refractivity contribution < 1.29 is 14.3 Å². The van der Waals surface area contributed by atoms with Gasteiger partial charge < -0.3 is 9.47 Å². The van der Waals surface area contributed by atoms with Gasteiger partial charge in [-0.15, -0.1) is 0 Å². The Morgan fingerprint density at radius 3 is 2.55 bits per heavy atom. The van der Waals surface area contributed by atoms with Crippen molar-refractivity contribution in [1.82, 2.24) is 14.8 Å². The summed E-state index contributed by atoms with van der Waals surface area (Å²) in [5, 5.41) is 4.42. The Kier molecular flexibility index (Phi) is 4.99. The Morgan fingerprint density at radius 1 is 1.10 bits per heavy atom. The van der Waals surface area contributed by atoms with Crippen LogP contribution in [-0.2, 0) is 20.8 Å². The number of hydrogen-bond donors (Lipinski definition) is 0. The van der Waals surface area contributed by atoms with Crippen LogP contribution in [0.3, 0.4) is 0 Å². The van der Waals surface area contributed by atoms with Gasteiger partial charge >= 0.3 is 5.97 Å². The fourth-order valence-corrected chi connectivity index (χ4v) is 3.33. The van der Waals surface area contributed by atoms with Crippen molar-refractivity contribution in [2.75, 3.05) is 7.11 Å². The number of aromatic nitrogens is 3. The van der Waals surface area contributed by atoms with Crippen molar-refractivity contribution in [2.45, 2.75) is 20.4 Å². The molecule has 6 nitrogen and oxygen atoms in total. The molecule has 0 fully saturated rings. The summed E-state index contributed by atoms with van der Waals surface area (Å²) in [7, 11) is 1.52. The van der Waals surface area contributed by atoms with Crippen molar-refractivity contribution in [3.05, 3.63) is 88.9 Å². The molecule has 0 unspecified atom stereocenters. The number of benzene rings is 2. The number of hydrogen-bond acceptors (Lipinski definition) is 5. The molecule has 2 aromatic carbocycles. The molecule has 0 atom stereocenters. The van der Waals surface area contributed by atoms with Gasteiger partial charge in [0.05, 0.1) is 19.7 Å². The third-order valence-electron chi connectivity index (χ3n) is 4.73. The zero-order chi connectivity index (χ0) is 20.4. The monoisotopic (exact) mass is 387 g/mol. The predicted octanol–water partition coefficient (Wildman–Crippen LogP) is 4.04. The molecule has 0 amide bonds. The minimum atomic E-state index is -0.423. The second-order valence-corrected chi connectivity index (χ2v) is 6.79. The lowest BCUT2D eigenvalue weighted by Gasteiger charge is -2.10. The summed E-state index contributed by atoms with van der Waals surface area (Å²) in [5.74, 6) is 2.10. The summed E-state index contributed by atoms with van der Waals surface area (Å²) in [6, 6.07) is 16.3. The van der Waals surface area contributed by atoms with Crippen LogP contribution in [0.4, 0.5) is 0 Å². The molecule has 0 N–H and O–H groups in total. The number of methoxy groups -OCH3 is 1. The number of esters is 1. The lowest BCUT2D eigenvalue weighted by Crippen LogP contribution is -2.04. The van der Waals surface area contributed by atoms with Crippen LogP contribution in [0.15, 0.2) is 66.1 Å². The highest BCUT2D eigenvalue weighted by Gasteiger charge is 2.21. The van der Waals surface area contributed by atoms with E-state index in [0.717, 1.165) is 33.9 Å². The van der Waals surface area contributed by atoms with E-state index in [-0.39, 0.29) is 0 Å². The largest absolute Gasteiger partial charge is 0.493 e. The van der Waals surface area contributed by atoms with Gasteiger partial charge in [0.25, 0.3) is 0 Å². The van der Waals surface area contributed by atoms with Crippen molar-refractivity contribution >= 4 is 12.0 Å². The second-order valence-electron chi connectivity index (χ2n) is 6.79. The topological polar surface area (TPSA) is 66.2 Å². The van der Waals surface area contributed by atoms with E-state index in [1.54, 1.807) is 0 Å². The van der Waals surface area contributed by atoms with Crippen molar-refractivity contribution in [1.29, 1.82) is 0 Å². The molecule has 146 valence electrons. The van der Waals surface area contributed by atoms with E-state index in [9.17, 15) is 4.79 Å². The molecular weight excluding hydrogens is 366 g/mol. The summed E-state index contributed by atoms with van der Waals surface area (Å²) >= 11 is 0. The van der Waals surface area contributed by atoms with Crippen LogP contribution >= 0.6 is 0 Å². The van der Waals surface area contributed by atoms with Gasteiger partial charge in [-0.05, 0) is 42.2 Å². The first kappa shape index (κ1) is 18.7. The number of nitrogens with zero attached hydrogens (tertiary/aromatic N) is 3. The highest BCUT2D eigenvalue weighted by molar-refractivity contribution is 5.89. The highest BCUT2D eigenvalue weighted by Crippen LogP contribution is 2.29. The van der Waals surface area contributed by atoms with Crippen LogP contribution in [0.1, 0.15) is 22.8 Å². The van der Waals surface area contributed by atoms with E-state index in [1.165, 1.54) is 13.2 Å². The Hall–Kier alpha value is -3.67. The summed E-state index contributed by atoms with van der Waals surface area (Å²) in [4.78, 5) is 15.9. The first-order valence-corrected chi connectivity index (χ1v) is 9.29. The van der Waals surface area contributed by atoms with E-state index >= 15 is 0 Å². The molecule has 0 aliphatic carbocycles. The first-order chi connectivity index (χ1) is 14.0. The van der Waals surface area contributed by atoms with Gasteiger partial charge in [0.1, 0.15) is 11.6 Å². The molecule has 1 aliphatic rings. The molecule has 0 saturated carbocycles. The van der Waals surface area contributed by atoms with Crippen molar-refractivity contribution in [3.8, 4) is 11.1 Å². The molecule has 2 heterocycles. The van der Waals surface area contributed by atoms with Gasteiger partial charge in [-0.3, -0.25) is 0 Å². The van der Waals surface area contributed by atoms with Crippen LogP contribution < -0.4 is 0 Å². The fraction of sp³-hybridized carbons (Fsp3) is 0.174. The van der Waals surface area contributed by atoms with Crippen LogP contribution in [0.25, 0.3) is 17.2 Å². The first-order valence-electron chi connectivity index (χ1n) is 9.29. The Morgan fingerprint density at radius 2 is 1.86 bits per heavy atom. The Balaban J connectivity index is 1.62. The fourth-order valence-electron chi connectivity index (χ4n) is 3.33. The zero-order valence-corrected chi connectivity index (χ0v) is 16.5. The van der Waals surface area contributed by atoms with Gasteiger partial charge in [-0.2, -0.15) is 5.10 Å². The number of carbonyl (C=O) groups excluding carboxylic acids is 1. The Bertz CT molecular complexity index is 1120. The minimum Gasteiger partial charge on any atom is -0.493 e. The maximum absolute atomic E-state index is 11.5. The van der Waals surface area contributed by atoms with Gasteiger partial charge in [0.15, 0.2) is 11.5 Å². The highest BCUT2D eigenvalue weighted by atomic mass is 16.6. The SMILES string of the molecule is COC1=CC(=O)OC1=Cc1ccccc1-c1ccc(Cn2nc(C)nc2C)cc1. The average Bonchev–Trinajstić information content (AvgIpc) is 3.23. The molecule has 6 heteroatoms. The Labute approximate surface area is 169 Å². The lowest BCUT2D eigenvalue weighted by molar-refractivity contribution is -0.132. The van der Waals surface area contributed by atoms with Crippen LogP contribution in [-0.4, -0.2) is 27.8 Å². The smallest absolute Gasteiger partial charge is 0.340 e. The van der Waals surface area contributed by atoms with E-state index in [4.69, 9.17) is 9.47 Å². The summed E-state index contributed by atoms with van der Waals surface area (Å²) in [6.07, 6.45) is 3.17. The summed E-state index contributed by atoms with van der Waals surface area (Å²) < 4.78 is 12.4. The molecule has 1 aromatic heterocycles.